The van der Waals surface area contributed by atoms with E-state index in [2.05, 4.69) is 12.1 Å². The highest BCUT2D eigenvalue weighted by atomic mass is 32.1. The number of carbonyl (C=O) groups excluding carboxylic acids is 1. The number of thiophene rings is 1. The van der Waals surface area contributed by atoms with Gasteiger partial charge in [0.2, 0.25) is 0 Å². The molecule has 2 heterocycles. The second-order valence-corrected chi connectivity index (χ2v) is 6.23. The van der Waals surface area contributed by atoms with Crippen LogP contribution in [0.3, 0.4) is 0 Å². The molecule has 1 saturated heterocycles. The highest BCUT2D eigenvalue weighted by molar-refractivity contribution is 7.20. The van der Waals surface area contributed by atoms with Gasteiger partial charge in [0, 0.05) is 17.8 Å². The Hall–Kier alpha value is -1.39. The molecule has 4 heteroatoms. The summed E-state index contributed by atoms with van der Waals surface area (Å²) in [5.41, 5.74) is 5.73. The summed E-state index contributed by atoms with van der Waals surface area (Å²) in [7, 11) is 0. The second-order valence-electron chi connectivity index (χ2n) is 5.14. The number of hydrogen-bond donors (Lipinski definition) is 1. The van der Waals surface area contributed by atoms with E-state index >= 15 is 0 Å². The molecule has 1 atom stereocenters. The lowest BCUT2D eigenvalue weighted by Gasteiger charge is -2.31. The fraction of sp³-hybridized carbons (Fsp3) is 0.400. The standard InChI is InChI=1S/C15H18N2OS/c16-9-11-4-3-7-17(10-11)15(18)14-8-12-5-1-2-6-13(12)19-14/h1-2,5-6,8,11H,3-4,7,9-10,16H2. The number of carbonyl (C=O) groups is 1. The number of fused-ring (bicyclic) bond motifs is 1. The molecule has 19 heavy (non-hydrogen) atoms. The van der Waals surface area contributed by atoms with E-state index in [0.717, 1.165) is 36.2 Å². The van der Waals surface area contributed by atoms with E-state index < -0.39 is 0 Å². The lowest BCUT2D eigenvalue weighted by Crippen LogP contribution is -2.41. The molecule has 3 rings (SSSR count). The fourth-order valence-corrected chi connectivity index (χ4v) is 3.72. The van der Waals surface area contributed by atoms with E-state index in [4.69, 9.17) is 5.73 Å². The van der Waals surface area contributed by atoms with Crippen LogP contribution in [-0.2, 0) is 0 Å². The van der Waals surface area contributed by atoms with Gasteiger partial charge in [-0.3, -0.25) is 4.79 Å². The van der Waals surface area contributed by atoms with Crippen LogP contribution in [0.2, 0.25) is 0 Å². The largest absolute Gasteiger partial charge is 0.338 e. The Morgan fingerprint density at radius 2 is 2.26 bits per heavy atom. The summed E-state index contributed by atoms with van der Waals surface area (Å²) in [4.78, 5) is 15.3. The molecule has 1 aromatic carbocycles. The molecular formula is C15H18N2OS. The quantitative estimate of drug-likeness (QED) is 0.915. The summed E-state index contributed by atoms with van der Waals surface area (Å²) in [5, 5.41) is 1.16. The molecule has 0 saturated carbocycles. The van der Waals surface area contributed by atoms with Crippen LogP contribution in [0.15, 0.2) is 30.3 Å². The number of nitrogens with two attached hydrogens (primary N) is 1. The SMILES string of the molecule is NCC1CCCN(C(=O)c2cc3ccccc3s2)C1. The number of benzene rings is 1. The molecule has 100 valence electrons. The summed E-state index contributed by atoms with van der Waals surface area (Å²) in [6.07, 6.45) is 2.21. The third kappa shape index (κ3) is 2.51. The van der Waals surface area contributed by atoms with Crippen molar-refractivity contribution in [1.82, 2.24) is 4.90 Å². The zero-order chi connectivity index (χ0) is 13.2. The van der Waals surface area contributed by atoms with Gasteiger partial charge in [0.1, 0.15) is 0 Å². The highest BCUT2D eigenvalue weighted by Crippen LogP contribution is 2.27. The van der Waals surface area contributed by atoms with E-state index in [-0.39, 0.29) is 5.91 Å². The average molecular weight is 274 g/mol. The third-order valence-corrected chi connectivity index (χ3v) is 4.88. The van der Waals surface area contributed by atoms with Gasteiger partial charge in [-0.1, -0.05) is 18.2 Å². The first-order valence-electron chi connectivity index (χ1n) is 6.76. The van der Waals surface area contributed by atoms with Gasteiger partial charge in [-0.15, -0.1) is 11.3 Å². The number of hydrogen-bond acceptors (Lipinski definition) is 3. The van der Waals surface area contributed by atoms with Gasteiger partial charge in [-0.25, -0.2) is 0 Å². The molecule has 3 nitrogen and oxygen atoms in total. The Bertz CT molecular complexity index is 560. The molecule has 0 radical (unpaired) electrons. The minimum absolute atomic E-state index is 0.166. The molecule has 1 aliphatic heterocycles. The van der Waals surface area contributed by atoms with Crippen molar-refractivity contribution in [2.24, 2.45) is 11.7 Å². The minimum atomic E-state index is 0.166. The molecule has 1 unspecified atom stereocenters. The van der Waals surface area contributed by atoms with Gasteiger partial charge < -0.3 is 10.6 Å². The smallest absolute Gasteiger partial charge is 0.263 e. The third-order valence-electron chi connectivity index (χ3n) is 3.78. The molecule has 0 bridgehead atoms. The van der Waals surface area contributed by atoms with E-state index in [9.17, 15) is 4.79 Å². The monoisotopic (exact) mass is 274 g/mol. The Morgan fingerprint density at radius 3 is 3.05 bits per heavy atom. The number of nitrogens with zero attached hydrogens (tertiary/aromatic N) is 1. The highest BCUT2D eigenvalue weighted by Gasteiger charge is 2.24. The van der Waals surface area contributed by atoms with Crippen molar-refractivity contribution < 1.29 is 4.79 Å². The maximum atomic E-state index is 12.5. The van der Waals surface area contributed by atoms with Crippen molar-refractivity contribution >= 4 is 27.3 Å². The first-order chi connectivity index (χ1) is 9.28. The predicted molar refractivity (Wildman–Crippen MR) is 79.5 cm³/mol. The minimum Gasteiger partial charge on any atom is -0.338 e. The van der Waals surface area contributed by atoms with E-state index in [1.165, 1.54) is 4.70 Å². The van der Waals surface area contributed by atoms with Crippen molar-refractivity contribution in [2.75, 3.05) is 19.6 Å². The Morgan fingerprint density at radius 1 is 1.42 bits per heavy atom. The van der Waals surface area contributed by atoms with Gasteiger partial charge in [0.05, 0.1) is 4.88 Å². The van der Waals surface area contributed by atoms with Gasteiger partial charge in [-0.05, 0) is 42.8 Å². The zero-order valence-electron chi connectivity index (χ0n) is 10.8. The molecule has 1 fully saturated rings. The van der Waals surface area contributed by atoms with Crippen molar-refractivity contribution in [1.29, 1.82) is 0 Å². The maximum absolute atomic E-state index is 12.5. The molecule has 0 aliphatic carbocycles. The molecule has 2 aromatic rings. The first kappa shape index (κ1) is 12.6. The van der Waals surface area contributed by atoms with Crippen LogP contribution in [0, 0.1) is 5.92 Å². The fourth-order valence-electron chi connectivity index (χ4n) is 2.69. The van der Waals surface area contributed by atoms with Gasteiger partial charge >= 0.3 is 0 Å². The lowest BCUT2D eigenvalue weighted by molar-refractivity contribution is 0.0683. The van der Waals surface area contributed by atoms with E-state index in [0.29, 0.717) is 12.5 Å². The van der Waals surface area contributed by atoms with Crippen LogP contribution in [0.1, 0.15) is 22.5 Å². The van der Waals surface area contributed by atoms with E-state index in [1.807, 2.05) is 23.1 Å². The van der Waals surface area contributed by atoms with Crippen molar-refractivity contribution in [3.63, 3.8) is 0 Å². The topological polar surface area (TPSA) is 46.3 Å². The predicted octanol–water partition coefficient (Wildman–Crippen LogP) is 2.71. The molecular weight excluding hydrogens is 256 g/mol. The molecule has 1 aliphatic rings. The van der Waals surface area contributed by atoms with Crippen molar-refractivity contribution in [2.45, 2.75) is 12.8 Å². The van der Waals surface area contributed by atoms with Crippen LogP contribution in [0.4, 0.5) is 0 Å². The number of likely N-dealkylation sites (tertiary alicyclic amines) is 1. The second kappa shape index (κ2) is 5.31. The zero-order valence-corrected chi connectivity index (χ0v) is 11.7. The van der Waals surface area contributed by atoms with Gasteiger partial charge in [0.15, 0.2) is 0 Å². The van der Waals surface area contributed by atoms with Crippen LogP contribution >= 0.6 is 11.3 Å². The van der Waals surface area contributed by atoms with Crippen molar-refractivity contribution in [3.8, 4) is 0 Å². The van der Waals surface area contributed by atoms with Crippen molar-refractivity contribution in [3.05, 3.63) is 35.2 Å². The summed E-state index contributed by atoms with van der Waals surface area (Å²) < 4.78 is 1.18. The summed E-state index contributed by atoms with van der Waals surface area (Å²) >= 11 is 1.59. The maximum Gasteiger partial charge on any atom is 0.263 e. The first-order valence-corrected chi connectivity index (χ1v) is 7.57. The average Bonchev–Trinajstić information content (AvgIpc) is 2.90. The molecule has 0 spiro atoms. The summed E-state index contributed by atoms with van der Waals surface area (Å²) in [6.45, 7) is 2.35. The Labute approximate surface area is 117 Å². The van der Waals surface area contributed by atoms with E-state index in [1.54, 1.807) is 11.3 Å². The molecule has 2 N–H and O–H groups in total. The number of rotatable bonds is 2. The lowest BCUT2D eigenvalue weighted by atomic mass is 9.98. The number of piperidine rings is 1. The van der Waals surface area contributed by atoms with Gasteiger partial charge in [0.25, 0.3) is 5.91 Å². The van der Waals surface area contributed by atoms with Gasteiger partial charge in [-0.2, -0.15) is 0 Å². The Balaban J connectivity index is 1.82. The van der Waals surface area contributed by atoms with Crippen LogP contribution in [-0.4, -0.2) is 30.4 Å². The normalized spacial score (nSPS) is 19.8. The van der Waals surface area contributed by atoms with Crippen LogP contribution < -0.4 is 5.73 Å². The van der Waals surface area contributed by atoms with Crippen LogP contribution in [0.5, 0.6) is 0 Å². The number of amides is 1. The Kier molecular flexibility index (Phi) is 3.53. The van der Waals surface area contributed by atoms with Crippen LogP contribution in [0.25, 0.3) is 10.1 Å². The summed E-state index contributed by atoms with van der Waals surface area (Å²) in [5.74, 6) is 0.631. The molecule has 1 aromatic heterocycles. The molecule has 1 amide bonds. The summed E-state index contributed by atoms with van der Waals surface area (Å²) in [6, 6.07) is 10.2.